The van der Waals surface area contributed by atoms with Gasteiger partial charge in [0.1, 0.15) is 10.8 Å². The van der Waals surface area contributed by atoms with Crippen molar-refractivity contribution in [3.8, 4) is 5.75 Å². The van der Waals surface area contributed by atoms with Crippen molar-refractivity contribution in [3.63, 3.8) is 0 Å². The molecule has 0 unspecified atom stereocenters. The van der Waals surface area contributed by atoms with Gasteiger partial charge in [0.25, 0.3) is 0 Å². The molecule has 152 valence electrons. The lowest BCUT2D eigenvalue weighted by Crippen LogP contribution is -2.19. The standard InChI is InChI=1S/C19H21Cl2N3O2.C2H6/c1-13(25)22-8-2-3-15-9-23-24(10-15)11-16-6-7-17(19(21)18(16)20)26-12-14-4-5-14;1-2/h2-3,6-7,9-10,14H,4-5,8,11-12H2,1H3,(H,22,25);1-2H3/b3-2+;. The minimum atomic E-state index is -0.0542. The average molecular weight is 424 g/mol. The van der Waals surface area contributed by atoms with E-state index in [1.54, 1.807) is 10.9 Å². The fourth-order valence-corrected chi connectivity index (χ4v) is 2.88. The molecule has 0 radical (unpaired) electrons. The monoisotopic (exact) mass is 423 g/mol. The fraction of sp³-hybridized carbons (Fsp3) is 0.429. The van der Waals surface area contributed by atoms with E-state index < -0.39 is 0 Å². The Morgan fingerprint density at radius 3 is 2.75 bits per heavy atom. The molecule has 1 fully saturated rings. The molecule has 0 aliphatic heterocycles. The summed E-state index contributed by atoms with van der Waals surface area (Å²) < 4.78 is 7.54. The first-order chi connectivity index (χ1) is 13.5. The molecule has 1 heterocycles. The van der Waals surface area contributed by atoms with Gasteiger partial charge in [-0.1, -0.05) is 55.3 Å². The molecule has 28 heavy (non-hydrogen) atoms. The van der Waals surface area contributed by atoms with Crippen LogP contribution >= 0.6 is 23.2 Å². The van der Waals surface area contributed by atoms with Gasteiger partial charge in [-0.25, -0.2) is 0 Å². The molecule has 1 aliphatic carbocycles. The number of hydrogen-bond acceptors (Lipinski definition) is 3. The van der Waals surface area contributed by atoms with Crippen molar-refractivity contribution in [1.82, 2.24) is 15.1 Å². The summed E-state index contributed by atoms with van der Waals surface area (Å²) in [6.45, 7) is 7.19. The van der Waals surface area contributed by atoms with Gasteiger partial charge in [0.15, 0.2) is 0 Å². The Hall–Kier alpha value is -1.98. The molecule has 5 nitrogen and oxygen atoms in total. The minimum absolute atomic E-state index is 0.0542. The van der Waals surface area contributed by atoms with Gasteiger partial charge in [0, 0.05) is 25.2 Å². The normalized spacial score (nSPS) is 13.2. The Kier molecular flexibility index (Phi) is 8.87. The molecule has 0 atom stereocenters. The lowest BCUT2D eigenvalue weighted by Gasteiger charge is -2.12. The number of benzene rings is 1. The maximum absolute atomic E-state index is 10.8. The Bertz CT molecular complexity index is 814. The second-order valence-electron chi connectivity index (χ2n) is 6.42. The molecule has 1 aromatic heterocycles. The molecular weight excluding hydrogens is 397 g/mol. The predicted molar refractivity (Wildman–Crippen MR) is 115 cm³/mol. The van der Waals surface area contributed by atoms with Crippen molar-refractivity contribution in [3.05, 3.63) is 51.8 Å². The highest BCUT2D eigenvalue weighted by molar-refractivity contribution is 6.43. The third-order valence-corrected chi connectivity index (χ3v) is 4.97. The average Bonchev–Trinajstić information content (AvgIpc) is 3.41. The maximum atomic E-state index is 10.8. The molecular formula is C21H27Cl2N3O2. The molecule has 1 aliphatic rings. The summed E-state index contributed by atoms with van der Waals surface area (Å²) in [4.78, 5) is 10.8. The van der Waals surface area contributed by atoms with Gasteiger partial charge in [0.05, 0.1) is 24.4 Å². The fourth-order valence-electron chi connectivity index (χ4n) is 2.42. The molecule has 1 saturated carbocycles. The van der Waals surface area contributed by atoms with E-state index in [2.05, 4.69) is 10.4 Å². The number of amides is 1. The van der Waals surface area contributed by atoms with Crippen molar-refractivity contribution >= 4 is 35.2 Å². The van der Waals surface area contributed by atoms with Gasteiger partial charge in [-0.15, -0.1) is 0 Å². The van der Waals surface area contributed by atoms with Crippen molar-refractivity contribution < 1.29 is 9.53 Å². The van der Waals surface area contributed by atoms with Crippen LogP contribution in [0.5, 0.6) is 5.75 Å². The number of ether oxygens (including phenoxy) is 1. The number of aromatic nitrogens is 2. The van der Waals surface area contributed by atoms with E-state index in [1.165, 1.54) is 19.8 Å². The van der Waals surface area contributed by atoms with Crippen LogP contribution in [0.1, 0.15) is 44.7 Å². The zero-order chi connectivity index (χ0) is 20.5. The SMILES string of the molecule is CC.CC(=O)NC/C=C/c1cnn(Cc2ccc(OCC3CC3)c(Cl)c2Cl)c1. The van der Waals surface area contributed by atoms with Crippen LogP contribution in [-0.2, 0) is 11.3 Å². The molecule has 0 saturated heterocycles. The van der Waals surface area contributed by atoms with Crippen molar-refractivity contribution in [1.29, 1.82) is 0 Å². The number of nitrogens with one attached hydrogen (secondary N) is 1. The van der Waals surface area contributed by atoms with E-state index in [0.29, 0.717) is 41.4 Å². The van der Waals surface area contributed by atoms with Gasteiger partial charge in [0.2, 0.25) is 5.91 Å². The summed E-state index contributed by atoms with van der Waals surface area (Å²) >= 11 is 12.8. The summed E-state index contributed by atoms with van der Waals surface area (Å²) in [5.74, 6) is 1.24. The van der Waals surface area contributed by atoms with E-state index in [4.69, 9.17) is 27.9 Å². The van der Waals surface area contributed by atoms with E-state index in [-0.39, 0.29) is 5.91 Å². The largest absolute Gasteiger partial charge is 0.492 e. The van der Waals surface area contributed by atoms with E-state index >= 15 is 0 Å². The molecule has 3 rings (SSSR count). The summed E-state index contributed by atoms with van der Waals surface area (Å²) in [6, 6.07) is 3.79. The summed E-state index contributed by atoms with van der Waals surface area (Å²) in [7, 11) is 0. The number of carbonyl (C=O) groups is 1. The van der Waals surface area contributed by atoms with Gasteiger partial charge >= 0.3 is 0 Å². The summed E-state index contributed by atoms with van der Waals surface area (Å²) in [5, 5.41) is 7.99. The second kappa shape index (κ2) is 11.1. The highest BCUT2D eigenvalue weighted by Gasteiger charge is 2.22. The van der Waals surface area contributed by atoms with Crippen LogP contribution in [0.4, 0.5) is 0 Å². The highest BCUT2D eigenvalue weighted by atomic mass is 35.5. The van der Waals surface area contributed by atoms with Gasteiger partial charge in [-0.3, -0.25) is 9.48 Å². The van der Waals surface area contributed by atoms with Crippen molar-refractivity contribution in [2.45, 2.75) is 40.2 Å². The summed E-state index contributed by atoms with van der Waals surface area (Å²) in [5.41, 5.74) is 1.83. The molecule has 1 N–H and O–H groups in total. The van der Waals surface area contributed by atoms with Crippen molar-refractivity contribution in [2.75, 3.05) is 13.2 Å². The first-order valence-corrected chi connectivity index (χ1v) is 10.3. The maximum Gasteiger partial charge on any atom is 0.217 e. The quantitative estimate of drug-likeness (QED) is 0.634. The third kappa shape index (κ3) is 6.88. The number of halogens is 2. The number of hydrogen-bond donors (Lipinski definition) is 1. The van der Waals surface area contributed by atoms with Crippen LogP contribution in [0.3, 0.4) is 0 Å². The first kappa shape index (κ1) is 22.3. The molecule has 7 heteroatoms. The Morgan fingerprint density at radius 1 is 1.32 bits per heavy atom. The number of rotatable bonds is 8. The highest BCUT2D eigenvalue weighted by Crippen LogP contribution is 2.37. The summed E-state index contributed by atoms with van der Waals surface area (Å²) in [6.07, 6.45) is 9.90. The van der Waals surface area contributed by atoms with Gasteiger partial charge in [-0.2, -0.15) is 5.10 Å². The predicted octanol–water partition coefficient (Wildman–Crippen LogP) is 5.20. The Labute approximate surface area is 176 Å². The zero-order valence-corrected chi connectivity index (χ0v) is 18.1. The first-order valence-electron chi connectivity index (χ1n) is 9.56. The van der Waals surface area contributed by atoms with Gasteiger partial charge in [-0.05, 0) is 30.4 Å². The van der Waals surface area contributed by atoms with Gasteiger partial charge < -0.3 is 10.1 Å². The van der Waals surface area contributed by atoms with E-state index in [0.717, 1.165) is 11.1 Å². The van der Waals surface area contributed by atoms with E-state index in [1.807, 2.05) is 44.3 Å². The number of carbonyl (C=O) groups excluding carboxylic acids is 1. The molecule has 0 bridgehead atoms. The Morgan fingerprint density at radius 2 is 2.07 bits per heavy atom. The Balaban J connectivity index is 0.00000136. The lowest BCUT2D eigenvalue weighted by molar-refractivity contribution is -0.118. The molecule has 2 aromatic rings. The number of nitrogens with zero attached hydrogens (tertiary/aromatic N) is 2. The minimum Gasteiger partial charge on any atom is -0.492 e. The third-order valence-electron chi connectivity index (χ3n) is 4.06. The molecule has 1 aromatic carbocycles. The lowest BCUT2D eigenvalue weighted by atomic mass is 10.2. The van der Waals surface area contributed by atoms with Crippen LogP contribution in [0.2, 0.25) is 10.0 Å². The van der Waals surface area contributed by atoms with Crippen LogP contribution in [0.15, 0.2) is 30.6 Å². The second-order valence-corrected chi connectivity index (χ2v) is 7.17. The van der Waals surface area contributed by atoms with Crippen LogP contribution in [-0.4, -0.2) is 28.8 Å². The smallest absolute Gasteiger partial charge is 0.217 e. The van der Waals surface area contributed by atoms with Crippen LogP contribution in [0, 0.1) is 5.92 Å². The topological polar surface area (TPSA) is 56.2 Å². The van der Waals surface area contributed by atoms with Crippen LogP contribution < -0.4 is 10.1 Å². The van der Waals surface area contributed by atoms with Crippen LogP contribution in [0.25, 0.3) is 6.08 Å². The zero-order valence-electron chi connectivity index (χ0n) is 16.5. The molecule has 0 spiro atoms. The van der Waals surface area contributed by atoms with Crippen molar-refractivity contribution in [2.24, 2.45) is 5.92 Å². The molecule has 1 amide bonds. The van der Waals surface area contributed by atoms with E-state index in [9.17, 15) is 4.79 Å².